The first-order chi connectivity index (χ1) is 7.66. The SMILES string of the molecule is CC(C)C1CN(CC2CCCC2C)CCN1. The molecule has 0 bridgehead atoms. The fourth-order valence-electron chi connectivity index (χ4n) is 3.28. The highest BCUT2D eigenvalue weighted by Crippen LogP contribution is 2.31. The summed E-state index contributed by atoms with van der Waals surface area (Å²) in [6.07, 6.45) is 4.40. The van der Waals surface area contributed by atoms with E-state index in [9.17, 15) is 0 Å². The smallest absolute Gasteiger partial charge is 0.0218 e. The maximum atomic E-state index is 3.64. The Morgan fingerprint density at radius 3 is 2.75 bits per heavy atom. The Morgan fingerprint density at radius 1 is 1.31 bits per heavy atom. The first-order valence-corrected chi connectivity index (χ1v) is 7.12. The van der Waals surface area contributed by atoms with Crippen molar-refractivity contribution in [1.29, 1.82) is 0 Å². The van der Waals surface area contributed by atoms with Crippen LogP contribution in [0.4, 0.5) is 0 Å². The molecule has 1 aliphatic heterocycles. The average molecular weight is 224 g/mol. The Hall–Kier alpha value is -0.0800. The molecule has 0 aromatic heterocycles. The minimum atomic E-state index is 0.713. The van der Waals surface area contributed by atoms with Gasteiger partial charge >= 0.3 is 0 Å². The number of piperazine rings is 1. The van der Waals surface area contributed by atoms with Crippen LogP contribution < -0.4 is 5.32 Å². The monoisotopic (exact) mass is 224 g/mol. The third-order valence-electron chi connectivity index (χ3n) is 4.63. The Morgan fingerprint density at radius 2 is 2.12 bits per heavy atom. The summed E-state index contributed by atoms with van der Waals surface area (Å²) < 4.78 is 0. The lowest BCUT2D eigenvalue weighted by atomic mass is 9.96. The van der Waals surface area contributed by atoms with Crippen LogP contribution in [-0.2, 0) is 0 Å². The zero-order chi connectivity index (χ0) is 11.5. The molecule has 1 saturated heterocycles. The van der Waals surface area contributed by atoms with Crippen LogP contribution in [0.3, 0.4) is 0 Å². The van der Waals surface area contributed by atoms with Gasteiger partial charge in [-0.15, -0.1) is 0 Å². The first-order valence-electron chi connectivity index (χ1n) is 7.12. The van der Waals surface area contributed by atoms with E-state index >= 15 is 0 Å². The number of hydrogen-bond acceptors (Lipinski definition) is 2. The highest BCUT2D eigenvalue weighted by Gasteiger charge is 2.28. The van der Waals surface area contributed by atoms with E-state index in [4.69, 9.17) is 0 Å². The normalized spacial score (nSPS) is 37.1. The second-order valence-electron chi connectivity index (χ2n) is 6.23. The van der Waals surface area contributed by atoms with Gasteiger partial charge in [0.1, 0.15) is 0 Å². The lowest BCUT2D eigenvalue weighted by Crippen LogP contribution is -2.53. The standard InChI is InChI=1S/C14H28N2/c1-11(2)14-10-16(8-7-15-14)9-13-6-4-5-12(13)3/h11-15H,4-10H2,1-3H3. The van der Waals surface area contributed by atoms with Crippen LogP contribution in [-0.4, -0.2) is 37.1 Å². The lowest BCUT2D eigenvalue weighted by molar-refractivity contribution is 0.144. The van der Waals surface area contributed by atoms with Gasteiger partial charge in [-0.05, 0) is 24.2 Å². The van der Waals surface area contributed by atoms with E-state index < -0.39 is 0 Å². The molecule has 2 nitrogen and oxygen atoms in total. The summed E-state index contributed by atoms with van der Waals surface area (Å²) in [7, 11) is 0. The first kappa shape index (κ1) is 12.4. The zero-order valence-electron chi connectivity index (χ0n) is 11.2. The summed E-state index contributed by atoms with van der Waals surface area (Å²) in [6.45, 7) is 12.2. The number of hydrogen-bond donors (Lipinski definition) is 1. The molecule has 94 valence electrons. The molecule has 2 fully saturated rings. The molecule has 0 aromatic carbocycles. The average Bonchev–Trinajstić information content (AvgIpc) is 2.65. The van der Waals surface area contributed by atoms with Crippen LogP contribution >= 0.6 is 0 Å². The minimum Gasteiger partial charge on any atom is -0.311 e. The van der Waals surface area contributed by atoms with Crippen molar-refractivity contribution in [2.45, 2.75) is 46.1 Å². The van der Waals surface area contributed by atoms with Crippen molar-refractivity contribution in [2.75, 3.05) is 26.2 Å². The fraction of sp³-hybridized carbons (Fsp3) is 1.00. The second kappa shape index (κ2) is 5.50. The molecule has 2 heteroatoms. The molecule has 2 aliphatic rings. The van der Waals surface area contributed by atoms with Gasteiger partial charge in [0.2, 0.25) is 0 Å². The predicted molar refractivity (Wildman–Crippen MR) is 69.6 cm³/mol. The Bertz CT molecular complexity index is 215. The number of rotatable bonds is 3. The van der Waals surface area contributed by atoms with E-state index in [1.54, 1.807) is 0 Å². The summed E-state index contributed by atoms with van der Waals surface area (Å²) in [5.41, 5.74) is 0. The molecule has 0 aromatic rings. The molecule has 3 unspecified atom stereocenters. The van der Waals surface area contributed by atoms with Crippen molar-refractivity contribution >= 4 is 0 Å². The molecule has 0 radical (unpaired) electrons. The summed E-state index contributed by atoms with van der Waals surface area (Å²) >= 11 is 0. The van der Waals surface area contributed by atoms with Gasteiger partial charge in [-0.1, -0.05) is 33.6 Å². The van der Waals surface area contributed by atoms with Gasteiger partial charge in [0.15, 0.2) is 0 Å². The largest absolute Gasteiger partial charge is 0.311 e. The molecule has 16 heavy (non-hydrogen) atoms. The van der Waals surface area contributed by atoms with Gasteiger partial charge in [-0.3, -0.25) is 0 Å². The van der Waals surface area contributed by atoms with Gasteiger partial charge in [-0.2, -0.15) is 0 Å². The molecular formula is C14H28N2. The quantitative estimate of drug-likeness (QED) is 0.791. The van der Waals surface area contributed by atoms with Gasteiger partial charge in [0.05, 0.1) is 0 Å². The summed E-state index contributed by atoms with van der Waals surface area (Å²) in [4.78, 5) is 2.70. The van der Waals surface area contributed by atoms with E-state index in [1.807, 2.05) is 0 Å². The Balaban J connectivity index is 1.80. The lowest BCUT2D eigenvalue weighted by Gasteiger charge is -2.37. The van der Waals surface area contributed by atoms with Crippen molar-refractivity contribution in [1.82, 2.24) is 10.2 Å². The highest BCUT2D eigenvalue weighted by atomic mass is 15.2. The third kappa shape index (κ3) is 2.98. The third-order valence-corrected chi connectivity index (χ3v) is 4.63. The van der Waals surface area contributed by atoms with Crippen LogP contribution in [0.5, 0.6) is 0 Å². The molecule has 3 atom stereocenters. The molecule has 1 N–H and O–H groups in total. The van der Waals surface area contributed by atoms with E-state index in [0.717, 1.165) is 17.8 Å². The predicted octanol–water partition coefficient (Wildman–Crippen LogP) is 2.35. The zero-order valence-corrected chi connectivity index (χ0v) is 11.2. The number of nitrogens with one attached hydrogen (secondary N) is 1. The number of nitrogens with zero attached hydrogens (tertiary/aromatic N) is 1. The van der Waals surface area contributed by atoms with Crippen LogP contribution in [0.1, 0.15) is 40.0 Å². The molecule has 2 rings (SSSR count). The van der Waals surface area contributed by atoms with E-state index in [1.165, 1.54) is 45.4 Å². The Kier molecular flexibility index (Phi) is 4.26. The topological polar surface area (TPSA) is 15.3 Å². The highest BCUT2D eigenvalue weighted by molar-refractivity contribution is 4.84. The maximum Gasteiger partial charge on any atom is 0.0218 e. The fourth-order valence-corrected chi connectivity index (χ4v) is 3.28. The van der Waals surface area contributed by atoms with Crippen molar-refractivity contribution in [2.24, 2.45) is 17.8 Å². The molecule has 0 spiro atoms. The van der Waals surface area contributed by atoms with Crippen molar-refractivity contribution < 1.29 is 0 Å². The molecular weight excluding hydrogens is 196 g/mol. The van der Waals surface area contributed by atoms with Gasteiger partial charge in [0, 0.05) is 32.2 Å². The minimum absolute atomic E-state index is 0.713. The molecule has 1 saturated carbocycles. The van der Waals surface area contributed by atoms with E-state index in [-0.39, 0.29) is 0 Å². The Labute approximate surface area is 101 Å². The molecule has 1 heterocycles. The summed E-state index contributed by atoms with van der Waals surface area (Å²) in [5.74, 6) is 2.71. The van der Waals surface area contributed by atoms with E-state index in [0.29, 0.717) is 6.04 Å². The molecule has 1 aliphatic carbocycles. The van der Waals surface area contributed by atoms with Gasteiger partial charge < -0.3 is 10.2 Å². The van der Waals surface area contributed by atoms with E-state index in [2.05, 4.69) is 31.0 Å². The van der Waals surface area contributed by atoms with Crippen molar-refractivity contribution in [3.05, 3.63) is 0 Å². The van der Waals surface area contributed by atoms with Crippen molar-refractivity contribution in [3.63, 3.8) is 0 Å². The maximum absolute atomic E-state index is 3.64. The second-order valence-corrected chi connectivity index (χ2v) is 6.23. The summed E-state index contributed by atoms with van der Waals surface area (Å²) in [5, 5.41) is 3.64. The van der Waals surface area contributed by atoms with Crippen molar-refractivity contribution in [3.8, 4) is 0 Å². The van der Waals surface area contributed by atoms with Gasteiger partial charge in [-0.25, -0.2) is 0 Å². The van der Waals surface area contributed by atoms with Crippen LogP contribution in [0.25, 0.3) is 0 Å². The van der Waals surface area contributed by atoms with Gasteiger partial charge in [0.25, 0.3) is 0 Å². The van der Waals surface area contributed by atoms with Crippen LogP contribution in [0.2, 0.25) is 0 Å². The van der Waals surface area contributed by atoms with Crippen LogP contribution in [0, 0.1) is 17.8 Å². The molecule has 0 amide bonds. The van der Waals surface area contributed by atoms with Crippen LogP contribution in [0.15, 0.2) is 0 Å². The summed E-state index contributed by atoms with van der Waals surface area (Å²) in [6, 6.07) is 0.713.